The smallest absolute Gasteiger partial charge is 0.107 e. The molecule has 0 radical (unpaired) electrons. The molecule has 0 aliphatic rings. The van der Waals surface area contributed by atoms with Crippen molar-refractivity contribution in [3.8, 4) is 0 Å². The molecule has 0 saturated heterocycles. The zero-order chi connectivity index (χ0) is 12.0. The van der Waals surface area contributed by atoms with Crippen molar-refractivity contribution in [2.45, 2.75) is 40.2 Å². The van der Waals surface area contributed by atoms with Gasteiger partial charge in [-0.05, 0) is 19.8 Å². The Morgan fingerprint density at radius 1 is 1.44 bits per heavy atom. The lowest BCUT2D eigenvalue weighted by Crippen LogP contribution is -2.36. The van der Waals surface area contributed by atoms with Crippen molar-refractivity contribution in [1.29, 1.82) is 0 Å². The van der Waals surface area contributed by atoms with Gasteiger partial charge in [-0.3, -0.25) is 0 Å². The molecule has 1 aromatic rings. The van der Waals surface area contributed by atoms with Gasteiger partial charge < -0.3 is 10.4 Å². The molecule has 3 nitrogen and oxygen atoms in total. The second-order valence-corrected chi connectivity index (χ2v) is 5.65. The second-order valence-electron chi connectivity index (χ2n) is 4.33. The van der Waals surface area contributed by atoms with Crippen LogP contribution in [0.3, 0.4) is 0 Å². The maximum absolute atomic E-state index is 9.42. The number of aliphatic hydroxyl groups excluding tert-OH is 1. The van der Waals surface area contributed by atoms with Gasteiger partial charge in [0.25, 0.3) is 0 Å². The van der Waals surface area contributed by atoms with Crippen LogP contribution in [0.15, 0.2) is 6.20 Å². The predicted octanol–water partition coefficient (Wildman–Crippen LogP) is 2.34. The summed E-state index contributed by atoms with van der Waals surface area (Å²) < 4.78 is 0. The molecule has 0 aromatic carbocycles. The first-order chi connectivity index (χ1) is 7.65. The summed E-state index contributed by atoms with van der Waals surface area (Å²) in [6.45, 7) is 8.25. The lowest BCUT2D eigenvalue weighted by Gasteiger charge is -2.29. The van der Waals surface area contributed by atoms with Crippen LogP contribution in [-0.4, -0.2) is 23.2 Å². The Morgan fingerprint density at radius 3 is 2.56 bits per heavy atom. The van der Waals surface area contributed by atoms with Crippen LogP contribution in [-0.2, 0) is 6.54 Å². The van der Waals surface area contributed by atoms with Crippen LogP contribution in [0.2, 0.25) is 0 Å². The highest BCUT2D eigenvalue weighted by atomic mass is 32.1. The van der Waals surface area contributed by atoms with Gasteiger partial charge in [0.15, 0.2) is 0 Å². The van der Waals surface area contributed by atoms with E-state index in [2.05, 4.69) is 31.1 Å². The Balaban J connectivity index is 2.39. The molecule has 1 aromatic heterocycles. The standard InChI is InChI=1S/C12H22N2OS/c1-4-12(5-2,9-15)8-13-7-11-14-6-10(3)16-11/h6,13,15H,4-5,7-9H2,1-3H3. The van der Waals surface area contributed by atoms with Gasteiger partial charge >= 0.3 is 0 Å². The van der Waals surface area contributed by atoms with Crippen molar-refractivity contribution in [3.05, 3.63) is 16.1 Å². The molecule has 0 atom stereocenters. The number of thiazole rings is 1. The molecule has 2 N–H and O–H groups in total. The van der Waals surface area contributed by atoms with Gasteiger partial charge in [-0.2, -0.15) is 0 Å². The van der Waals surface area contributed by atoms with E-state index in [0.717, 1.165) is 30.9 Å². The molecule has 0 aliphatic carbocycles. The Hall–Kier alpha value is -0.450. The summed E-state index contributed by atoms with van der Waals surface area (Å²) in [4.78, 5) is 5.55. The minimum absolute atomic E-state index is 0.0340. The molecule has 1 heterocycles. The summed E-state index contributed by atoms with van der Waals surface area (Å²) in [6, 6.07) is 0. The number of hydrogen-bond acceptors (Lipinski definition) is 4. The minimum atomic E-state index is 0.0340. The SMILES string of the molecule is CCC(CC)(CO)CNCc1ncc(C)s1. The topological polar surface area (TPSA) is 45.1 Å². The monoisotopic (exact) mass is 242 g/mol. The maximum atomic E-state index is 9.42. The molecular formula is C12H22N2OS. The lowest BCUT2D eigenvalue weighted by molar-refractivity contribution is 0.113. The second kappa shape index (κ2) is 6.33. The predicted molar refractivity (Wildman–Crippen MR) is 68.7 cm³/mol. The molecule has 0 amide bonds. The Bertz CT molecular complexity index is 299. The van der Waals surface area contributed by atoms with Crippen LogP contribution < -0.4 is 5.32 Å². The Kier molecular flexibility index (Phi) is 5.38. The van der Waals surface area contributed by atoms with Gasteiger partial charge in [-0.15, -0.1) is 11.3 Å². The molecule has 0 spiro atoms. The van der Waals surface area contributed by atoms with Crippen LogP contribution in [0.25, 0.3) is 0 Å². The average molecular weight is 242 g/mol. The van der Waals surface area contributed by atoms with Crippen molar-refractivity contribution >= 4 is 11.3 Å². The number of hydrogen-bond donors (Lipinski definition) is 2. The van der Waals surface area contributed by atoms with E-state index in [9.17, 15) is 5.11 Å². The molecule has 0 saturated carbocycles. The van der Waals surface area contributed by atoms with E-state index in [-0.39, 0.29) is 12.0 Å². The van der Waals surface area contributed by atoms with Crippen LogP contribution in [0, 0.1) is 12.3 Å². The van der Waals surface area contributed by atoms with Crippen molar-refractivity contribution < 1.29 is 5.11 Å². The first-order valence-corrected chi connectivity index (χ1v) is 6.70. The lowest BCUT2D eigenvalue weighted by atomic mass is 9.83. The number of aryl methyl sites for hydroxylation is 1. The van der Waals surface area contributed by atoms with Gasteiger partial charge in [0.05, 0.1) is 0 Å². The zero-order valence-corrected chi connectivity index (χ0v) is 11.2. The highest BCUT2D eigenvalue weighted by Gasteiger charge is 2.24. The summed E-state index contributed by atoms with van der Waals surface area (Å²) >= 11 is 1.73. The molecule has 0 fully saturated rings. The summed E-state index contributed by atoms with van der Waals surface area (Å²) in [6.07, 6.45) is 3.91. The van der Waals surface area contributed by atoms with Gasteiger partial charge in [0.1, 0.15) is 5.01 Å². The quantitative estimate of drug-likeness (QED) is 0.771. The highest BCUT2D eigenvalue weighted by Crippen LogP contribution is 2.24. The number of aromatic nitrogens is 1. The fourth-order valence-corrected chi connectivity index (χ4v) is 2.45. The van der Waals surface area contributed by atoms with Crippen LogP contribution in [0.4, 0.5) is 0 Å². The maximum Gasteiger partial charge on any atom is 0.107 e. The summed E-state index contributed by atoms with van der Waals surface area (Å²) in [7, 11) is 0. The summed E-state index contributed by atoms with van der Waals surface area (Å²) in [5.74, 6) is 0. The van der Waals surface area contributed by atoms with Gasteiger partial charge in [0.2, 0.25) is 0 Å². The zero-order valence-electron chi connectivity index (χ0n) is 10.4. The molecule has 1 rings (SSSR count). The normalized spacial score (nSPS) is 12.0. The highest BCUT2D eigenvalue weighted by molar-refractivity contribution is 7.11. The largest absolute Gasteiger partial charge is 0.396 e. The molecule has 92 valence electrons. The molecular weight excluding hydrogens is 220 g/mol. The van der Waals surface area contributed by atoms with Crippen molar-refractivity contribution in [2.75, 3.05) is 13.2 Å². The fraction of sp³-hybridized carbons (Fsp3) is 0.750. The molecule has 0 aliphatic heterocycles. The molecule has 4 heteroatoms. The van der Waals surface area contributed by atoms with Gasteiger partial charge in [0, 0.05) is 36.2 Å². The third-order valence-electron chi connectivity index (χ3n) is 3.28. The van der Waals surface area contributed by atoms with Crippen LogP contribution in [0.5, 0.6) is 0 Å². The van der Waals surface area contributed by atoms with Crippen LogP contribution >= 0.6 is 11.3 Å². The van der Waals surface area contributed by atoms with E-state index in [1.807, 2.05) is 6.20 Å². The van der Waals surface area contributed by atoms with Crippen molar-refractivity contribution in [3.63, 3.8) is 0 Å². The average Bonchev–Trinajstić information content (AvgIpc) is 2.71. The minimum Gasteiger partial charge on any atom is -0.396 e. The van der Waals surface area contributed by atoms with E-state index in [1.54, 1.807) is 11.3 Å². The van der Waals surface area contributed by atoms with Crippen molar-refractivity contribution in [2.24, 2.45) is 5.41 Å². The summed E-state index contributed by atoms with van der Waals surface area (Å²) in [5.41, 5.74) is 0.0340. The molecule has 0 bridgehead atoms. The van der Waals surface area contributed by atoms with E-state index >= 15 is 0 Å². The first-order valence-electron chi connectivity index (χ1n) is 5.88. The Morgan fingerprint density at radius 2 is 2.12 bits per heavy atom. The number of nitrogens with one attached hydrogen (secondary N) is 1. The molecule has 16 heavy (non-hydrogen) atoms. The third kappa shape index (κ3) is 3.54. The van der Waals surface area contributed by atoms with E-state index in [1.165, 1.54) is 4.88 Å². The first kappa shape index (κ1) is 13.6. The number of nitrogens with zero attached hydrogens (tertiary/aromatic N) is 1. The van der Waals surface area contributed by atoms with Gasteiger partial charge in [-0.1, -0.05) is 13.8 Å². The summed E-state index contributed by atoms with van der Waals surface area (Å²) in [5, 5.41) is 13.9. The van der Waals surface area contributed by atoms with Gasteiger partial charge in [-0.25, -0.2) is 4.98 Å². The van der Waals surface area contributed by atoms with Crippen LogP contribution in [0.1, 0.15) is 36.6 Å². The number of aliphatic hydroxyl groups is 1. The third-order valence-corrected chi connectivity index (χ3v) is 4.19. The van der Waals surface area contributed by atoms with Crippen molar-refractivity contribution in [1.82, 2.24) is 10.3 Å². The fourth-order valence-electron chi connectivity index (χ4n) is 1.70. The van der Waals surface area contributed by atoms with E-state index < -0.39 is 0 Å². The molecule has 0 unspecified atom stereocenters. The number of rotatable bonds is 7. The Labute approximate surface area is 102 Å². The van der Waals surface area contributed by atoms with E-state index in [0.29, 0.717) is 0 Å². The van der Waals surface area contributed by atoms with E-state index in [4.69, 9.17) is 0 Å².